The third kappa shape index (κ3) is 3.01. The van der Waals surface area contributed by atoms with E-state index in [1.54, 1.807) is 0 Å². The summed E-state index contributed by atoms with van der Waals surface area (Å²) in [6, 6.07) is 1.60. The van der Waals surface area contributed by atoms with Crippen LogP contribution in [0.3, 0.4) is 0 Å². The highest BCUT2D eigenvalue weighted by atomic mass is 15.2. The Balaban J connectivity index is 1.94. The van der Waals surface area contributed by atoms with Crippen LogP contribution >= 0.6 is 0 Å². The number of nitrogens with zero attached hydrogens (tertiary/aromatic N) is 1. The van der Waals surface area contributed by atoms with E-state index in [1.807, 2.05) is 0 Å². The van der Waals surface area contributed by atoms with E-state index in [4.69, 9.17) is 6.42 Å². The molecule has 90 valence electrons. The van der Waals surface area contributed by atoms with E-state index in [2.05, 4.69) is 10.8 Å². The summed E-state index contributed by atoms with van der Waals surface area (Å²) in [6.45, 7) is 0.884. The molecule has 0 aromatic carbocycles. The zero-order chi connectivity index (χ0) is 11.2. The van der Waals surface area contributed by atoms with Gasteiger partial charge in [-0.1, -0.05) is 44.4 Å². The van der Waals surface area contributed by atoms with Crippen LogP contribution in [0.5, 0.6) is 0 Å². The second-order valence-corrected chi connectivity index (χ2v) is 5.46. The van der Waals surface area contributed by atoms with Crippen molar-refractivity contribution in [1.82, 2.24) is 4.90 Å². The summed E-state index contributed by atoms with van der Waals surface area (Å²) in [5.74, 6) is 2.89. The van der Waals surface area contributed by atoms with Crippen molar-refractivity contribution in [2.75, 3.05) is 6.54 Å². The molecular formula is C15H25N. The summed E-state index contributed by atoms with van der Waals surface area (Å²) in [4.78, 5) is 2.66. The first kappa shape index (κ1) is 12.0. The molecule has 0 aromatic heterocycles. The standard InChI is InChI=1S/C15H25N/c1-2-13-16(14-9-5-3-6-10-14)15-11-7-4-8-12-15/h1,14-15H,3-13H2. The van der Waals surface area contributed by atoms with E-state index in [1.165, 1.54) is 64.2 Å². The number of terminal acetylenes is 1. The molecule has 2 saturated carbocycles. The van der Waals surface area contributed by atoms with Crippen molar-refractivity contribution in [3.8, 4) is 12.3 Å². The smallest absolute Gasteiger partial charge is 0.0603 e. The molecule has 0 amide bonds. The first-order valence-electron chi connectivity index (χ1n) is 7.11. The monoisotopic (exact) mass is 219 g/mol. The second kappa shape index (κ2) is 6.30. The third-order valence-corrected chi connectivity index (χ3v) is 4.36. The van der Waals surface area contributed by atoms with Gasteiger partial charge in [-0.25, -0.2) is 0 Å². The molecule has 0 radical (unpaired) electrons. The minimum atomic E-state index is 0.799. The van der Waals surface area contributed by atoms with Gasteiger partial charge in [-0.3, -0.25) is 4.90 Å². The Morgan fingerprint density at radius 1 is 0.812 bits per heavy atom. The predicted octanol–water partition coefficient (Wildman–Crippen LogP) is 3.59. The molecule has 2 aliphatic rings. The van der Waals surface area contributed by atoms with Crippen LogP contribution in [0.2, 0.25) is 0 Å². The van der Waals surface area contributed by atoms with E-state index in [0.717, 1.165) is 18.6 Å². The number of rotatable bonds is 3. The zero-order valence-corrected chi connectivity index (χ0v) is 10.5. The van der Waals surface area contributed by atoms with Gasteiger partial charge in [-0.2, -0.15) is 0 Å². The molecule has 0 spiro atoms. The molecule has 2 aliphatic carbocycles. The van der Waals surface area contributed by atoms with Crippen molar-refractivity contribution in [3.63, 3.8) is 0 Å². The van der Waals surface area contributed by atoms with E-state index < -0.39 is 0 Å². The van der Waals surface area contributed by atoms with Gasteiger partial charge in [0.05, 0.1) is 6.54 Å². The molecule has 1 heteroatoms. The minimum Gasteiger partial charge on any atom is -0.286 e. The van der Waals surface area contributed by atoms with E-state index in [9.17, 15) is 0 Å². The summed E-state index contributed by atoms with van der Waals surface area (Å²) < 4.78 is 0. The molecule has 0 N–H and O–H groups in total. The molecule has 2 rings (SSSR count). The summed E-state index contributed by atoms with van der Waals surface area (Å²) >= 11 is 0. The molecule has 2 fully saturated rings. The normalized spacial score (nSPS) is 24.5. The fourth-order valence-electron chi connectivity index (χ4n) is 3.49. The van der Waals surface area contributed by atoms with Crippen molar-refractivity contribution in [2.45, 2.75) is 76.3 Å². The first-order chi connectivity index (χ1) is 7.92. The maximum Gasteiger partial charge on any atom is 0.0603 e. The summed E-state index contributed by atoms with van der Waals surface area (Å²) in [5, 5.41) is 0. The molecule has 1 nitrogen and oxygen atoms in total. The lowest BCUT2D eigenvalue weighted by molar-refractivity contribution is 0.0962. The Bertz CT molecular complexity index is 210. The highest BCUT2D eigenvalue weighted by Gasteiger charge is 2.27. The summed E-state index contributed by atoms with van der Waals surface area (Å²) in [6.07, 6.45) is 19.6. The Morgan fingerprint density at radius 2 is 1.25 bits per heavy atom. The van der Waals surface area contributed by atoms with Gasteiger partial charge in [0.2, 0.25) is 0 Å². The predicted molar refractivity (Wildman–Crippen MR) is 69.3 cm³/mol. The molecule has 16 heavy (non-hydrogen) atoms. The van der Waals surface area contributed by atoms with Gasteiger partial charge in [0.25, 0.3) is 0 Å². The third-order valence-electron chi connectivity index (χ3n) is 4.36. The van der Waals surface area contributed by atoms with E-state index in [-0.39, 0.29) is 0 Å². The topological polar surface area (TPSA) is 3.24 Å². The average Bonchev–Trinajstić information content (AvgIpc) is 2.38. The van der Waals surface area contributed by atoms with Crippen molar-refractivity contribution >= 4 is 0 Å². The first-order valence-corrected chi connectivity index (χ1v) is 7.11. The quantitative estimate of drug-likeness (QED) is 0.656. The largest absolute Gasteiger partial charge is 0.286 e. The number of hydrogen-bond acceptors (Lipinski definition) is 1. The van der Waals surface area contributed by atoms with Crippen LogP contribution in [0, 0.1) is 12.3 Å². The SMILES string of the molecule is C#CCN(C1CCCCC1)C1CCCCC1. The minimum absolute atomic E-state index is 0.799. The lowest BCUT2D eigenvalue weighted by atomic mass is 9.89. The van der Waals surface area contributed by atoms with Gasteiger partial charge in [0, 0.05) is 12.1 Å². The lowest BCUT2D eigenvalue weighted by Gasteiger charge is -2.40. The average molecular weight is 219 g/mol. The van der Waals surface area contributed by atoms with Crippen molar-refractivity contribution in [2.24, 2.45) is 0 Å². The fraction of sp³-hybridized carbons (Fsp3) is 0.867. The zero-order valence-electron chi connectivity index (χ0n) is 10.5. The Morgan fingerprint density at radius 3 is 1.62 bits per heavy atom. The van der Waals surface area contributed by atoms with Crippen LogP contribution in [0.1, 0.15) is 64.2 Å². The summed E-state index contributed by atoms with van der Waals surface area (Å²) in [5.41, 5.74) is 0. The maximum absolute atomic E-state index is 5.55. The van der Waals surface area contributed by atoms with Gasteiger partial charge in [0.1, 0.15) is 0 Å². The van der Waals surface area contributed by atoms with Gasteiger partial charge in [0.15, 0.2) is 0 Å². The molecule has 0 aromatic rings. The van der Waals surface area contributed by atoms with E-state index >= 15 is 0 Å². The van der Waals surface area contributed by atoms with E-state index in [0.29, 0.717) is 0 Å². The molecule has 0 heterocycles. The van der Waals surface area contributed by atoms with Crippen LogP contribution in [0.15, 0.2) is 0 Å². The molecule has 0 unspecified atom stereocenters. The highest BCUT2D eigenvalue weighted by molar-refractivity contribution is 4.94. The number of hydrogen-bond donors (Lipinski definition) is 0. The van der Waals surface area contributed by atoms with Crippen LogP contribution in [-0.2, 0) is 0 Å². The van der Waals surface area contributed by atoms with Crippen molar-refractivity contribution < 1.29 is 0 Å². The molecule has 0 atom stereocenters. The molecule has 0 aliphatic heterocycles. The van der Waals surface area contributed by atoms with Crippen LogP contribution < -0.4 is 0 Å². The Kier molecular flexibility index (Phi) is 4.72. The Hall–Kier alpha value is -0.480. The Labute approximate surface area is 101 Å². The second-order valence-electron chi connectivity index (χ2n) is 5.46. The lowest BCUT2D eigenvalue weighted by Crippen LogP contribution is -2.45. The van der Waals surface area contributed by atoms with Crippen LogP contribution in [0.4, 0.5) is 0 Å². The fourth-order valence-corrected chi connectivity index (χ4v) is 3.49. The maximum atomic E-state index is 5.55. The van der Waals surface area contributed by atoms with Gasteiger partial charge in [-0.15, -0.1) is 6.42 Å². The van der Waals surface area contributed by atoms with Crippen LogP contribution in [0.25, 0.3) is 0 Å². The van der Waals surface area contributed by atoms with Gasteiger partial charge in [-0.05, 0) is 25.7 Å². The molecule has 0 saturated heterocycles. The molecular weight excluding hydrogens is 194 g/mol. The highest BCUT2D eigenvalue weighted by Crippen LogP contribution is 2.29. The summed E-state index contributed by atoms with van der Waals surface area (Å²) in [7, 11) is 0. The van der Waals surface area contributed by atoms with Crippen LogP contribution in [-0.4, -0.2) is 23.5 Å². The van der Waals surface area contributed by atoms with Gasteiger partial charge < -0.3 is 0 Å². The van der Waals surface area contributed by atoms with Crippen molar-refractivity contribution in [1.29, 1.82) is 0 Å². The van der Waals surface area contributed by atoms with Crippen molar-refractivity contribution in [3.05, 3.63) is 0 Å². The van der Waals surface area contributed by atoms with Gasteiger partial charge >= 0.3 is 0 Å². The molecule has 0 bridgehead atoms.